The Hall–Kier alpha value is -2.14. The maximum Gasteiger partial charge on any atom is 0.194 e. The van der Waals surface area contributed by atoms with Crippen molar-refractivity contribution in [1.29, 1.82) is 0 Å². The number of rotatable bonds is 6. The van der Waals surface area contributed by atoms with E-state index in [9.17, 15) is 9.90 Å². The van der Waals surface area contributed by atoms with Gasteiger partial charge in [0.2, 0.25) is 0 Å². The smallest absolute Gasteiger partial charge is 0.194 e. The molecule has 0 aliphatic rings. The van der Waals surface area contributed by atoms with Gasteiger partial charge in [0.25, 0.3) is 0 Å². The van der Waals surface area contributed by atoms with Crippen LogP contribution in [0.4, 0.5) is 11.4 Å². The number of hydrogen-bond donors (Lipinski definition) is 2. The number of anilines is 2. The number of ketones is 1. The molecule has 0 radical (unpaired) electrons. The predicted molar refractivity (Wildman–Crippen MR) is 114 cm³/mol. The zero-order chi connectivity index (χ0) is 19.4. The summed E-state index contributed by atoms with van der Waals surface area (Å²) in [7, 11) is 0. The standard InChI is InChI=1S/C22H19BrClNO2/c1-14-12-17(25-21-9-6-16(23)13-15(21)10-11-26)7-8-18(14)22(27)19-4-2-3-5-20(19)24/h2-9,12-13,25-26H,10-11H2,1H3. The Morgan fingerprint density at radius 3 is 2.56 bits per heavy atom. The van der Waals surface area contributed by atoms with Gasteiger partial charge in [0.1, 0.15) is 0 Å². The molecule has 138 valence electrons. The molecule has 0 amide bonds. The third-order valence-corrected chi connectivity index (χ3v) is 5.14. The molecule has 3 nitrogen and oxygen atoms in total. The second kappa shape index (κ2) is 8.70. The van der Waals surface area contributed by atoms with Gasteiger partial charge < -0.3 is 10.4 Å². The van der Waals surface area contributed by atoms with Gasteiger partial charge in [-0.3, -0.25) is 4.79 Å². The molecule has 0 aromatic heterocycles. The first-order valence-electron chi connectivity index (χ1n) is 8.56. The van der Waals surface area contributed by atoms with Crippen LogP contribution in [0.2, 0.25) is 5.02 Å². The highest BCUT2D eigenvalue weighted by Gasteiger charge is 2.15. The van der Waals surface area contributed by atoms with Gasteiger partial charge in [-0.05, 0) is 73.0 Å². The van der Waals surface area contributed by atoms with Gasteiger partial charge in [-0.2, -0.15) is 0 Å². The topological polar surface area (TPSA) is 49.3 Å². The molecular weight excluding hydrogens is 426 g/mol. The summed E-state index contributed by atoms with van der Waals surface area (Å²) in [6, 6.07) is 18.6. The maximum atomic E-state index is 12.8. The SMILES string of the molecule is Cc1cc(Nc2ccc(Br)cc2CCO)ccc1C(=O)c1ccccc1Cl. The summed E-state index contributed by atoms with van der Waals surface area (Å²) in [5.41, 5.74) is 4.81. The molecule has 0 saturated carbocycles. The van der Waals surface area contributed by atoms with E-state index in [1.807, 2.05) is 43.3 Å². The number of aryl methyl sites for hydroxylation is 1. The number of nitrogens with one attached hydrogen (secondary N) is 1. The van der Waals surface area contributed by atoms with Crippen molar-refractivity contribution in [1.82, 2.24) is 0 Å². The van der Waals surface area contributed by atoms with E-state index < -0.39 is 0 Å². The summed E-state index contributed by atoms with van der Waals surface area (Å²) in [5, 5.41) is 13.1. The highest BCUT2D eigenvalue weighted by Crippen LogP contribution is 2.27. The third kappa shape index (κ3) is 4.59. The Morgan fingerprint density at radius 1 is 1.07 bits per heavy atom. The molecule has 0 unspecified atom stereocenters. The molecule has 0 heterocycles. The van der Waals surface area contributed by atoms with Crippen molar-refractivity contribution in [3.05, 3.63) is 92.4 Å². The van der Waals surface area contributed by atoms with Crippen LogP contribution < -0.4 is 5.32 Å². The van der Waals surface area contributed by atoms with Crippen LogP contribution in [-0.2, 0) is 6.42 Å². The first-order chi connectivity index (χ1) is 13.0. The van der Waals surface area contributed by atoms with Crippen molar-refractivity contribution >= 4 is 44.7 Å². The van der Waals surface area contributed by atoms with Crippen LogP contribution in [0.25, 0.3) is 0 Å². The zero-order valence-electron chi connectivity index (χ0n) is 14.8. The van der Waals surface area contributed by atoms with E-state index in [1.165, 1.54) is 0 Å². The fourth-order valence-electron chi connectivity index (χ4n) is 2.95. The lowest BCUT2D eigenvalue weighted by molar-refractivity contribution is 0.103. The normalized spacial score (nSPS) is 10.7. The average Bonchev–Trinajstić information content (AvgIpc) is 2.64. The van der Waals surface area contributed by atoms with E-state index in [2.05, 4.69) is 21.2 Å². The lowest BCUT2D eigenvalue weighted by atomic mass is 9.98. The lowest BCUT2D eigenvalue weighted by Gasteiger charge is -2.14. The van der Waals surface area contributed by atoms with E-state index in [1.54, 1.807) is 24.3 Å². The second-order valence-electron chi connectivity index (χ2n) is 6.24. The van der Waals surface area contributed by atoms with Crippen molar-refractivity contribution in [2.24, 2.45) is 0 Å². The number of carbonyl (C=O) groups is 1. The van der Waals surface area contributed by atoms with Crippen LogP contribution in [0.3, 0.4) is 0 Å². The first kappa shape index (κ1) is 19.6. The summed E-state index contributed by atoms with van der Waals surface area (Å²) < 4.78 is 0.966. The van der Waals surface area contributed by atoms with E-state index >= 15 is 0 Å². The van der Waals surface area contributed by atoms with E-state index in [-0.39, 0.29) is 12.4 Å². The lowest BCUT2D eigenvalue weighted by Crippen LogP contribution is -2.05. The second-order valence-corrected chi connectivity index (χ2v) is 7.56. The molecular formula is C22H19BrClNO2. The first-order valence-corrected chi connectivity index (χ1v) is 9.73. The molecule has 0 bridgehead atoms. The van der Waals surface area contributed by atoms with Crippen LogP contribution in [0.15, 0.2) is 65.1 Å². The molecule has 0 saturated heterocycles. The van der Waals surface area contributed by atoms with Crippen molar-refractivity contribution in [3.63, 3.8) is 0 Å². The van der Waals surface area contributed by atoms with Gasteiger partial charge in [0.05, 0.1) is 5.02 Å². The van der Waals surface area contributed by atoms with Crippen LogP contribution >= 0.6 is 27.5 Å². The molecule has 3 aromatic rings. The van der Waals surface area contributed by atoms with Crippen molar-refractivity contribution in [2.45, 2.75) is 13.3 Å². The van der Waals surface area contributed by atoms with E-state index in [0.717, 1.165) is 27.0 Å². The van der Waals surface area contributed by atoms with Gasteiger partial charge in [-0.1, -0.05) is 39.7 Å². The summed E-state index contributed by atoms with van der Waals surface area (Å²) in [5.74, 6) is -0.0886. The molecule has 0 aliphatic carbocycles. The van der Waals surface area contributed by atoms with Crippen molar-refractivity contribution in [2.75, 3.05) is 11.9 Å². The van der Waals surface area contributed by atoms with Gasteiger partial charge in [-0.25, -0.2) is 0 Å². The Bertz CT molecular complexity index is 988. The van der Waals surface area contributed by atoms with Crippen LogP contribution in [0.5, 0.6) is 0 Å². The summed E-state index contributed by atoms with van der Waals surface area (Å²) in [6.45, 7) is 1.99. The monoisotopic (exact) mass is 443 g/mol. The molecule has 0 aliphatic heterocycles. The maximum absolute atomic E-state index is 12.8. The number of benzene rings is 3. The van der Waals surface area contributed by atoms with E-state index in [4.69, 9.17) is 11.6 Å². The molecule has 0 fully saturated rings. The fraction of sp³-hybridized carbons (Fsp3) is 0.136. The van der Waals surface area contributed by atoms with Gasteiger partial charge in [-0.15, -0.1) is 0 Å². The molecule has 2 N–H and O–H groups in total. The largest absolute Gasteiger partial charge is 0.396 e. The van der Waals surface area contributed by atoms with Gasteiger partial charge in [0.15, 0.2) is 5.78 Å². The summed E-state index contributed by atoms with van der Waals surface area (Å²) in [6.07, 6.45) is 0.559. The Balaban J connectivity index is 1.88. The summed E-state index contributed by atoms with van der Waals surface area (Å²) >= 11 is 9.62. The van der Waals surface area contributed by atoms with Gasteiger partial charge >= 0.3 is 0 Å². The van der Waals surface area contributed by atoms with Crippen molar-refractivity contribution in [3.8, 4) is 0 Å². The summed E-state index contributed by atoms with van der Waals surface area (Å²) in [4.78, 5) is 12.8. The molecule has 27 heavy (non-hydrogen) atoms. The molecule has 3 rings (SSSR count). The van der Waals surface area contributed by atoms with Crippen LogP contribution in [-0.4, -0.2) is 17.5 Å². The average molecular weight is 445 g/mol. The Labute approximate surface area is 172 Å². The number of aliphatic hydroxyl groups excluding tert-OH is 1. The van der Waals surface area contributed by atoms with Gasteiger partial charge in [0, 0.05) is 33.6 Å². The number of aliphatic hydroxyl groups is 1. The number of halogens is 2. The van der Waals surface area contributed by atoms with Crippen LogP contribution in [0.1, 0.15) is 27.0 Å². The molecule has 0 atom stereocenters. The number of hydrogen-bond acceptors (Lipinski definition) is 3. The van der Waals surface area contributed by atoms with E-state index in [0.29, 0.717) is 22.6 Å². The highest BCUT2D eigenvalue weighted by atomic mass is 79.9. The Morgan fingerprint density at radius 2 is 1.85 bits per heavy atom. The van der Waals surface area contributed by atoms with Crippen molar-refractivity contribution < 1.29 is 9.90 Å². The van der Waals surface area contributed by atoms with Crippen LogP contribution in [0, 0.1) is 6.92 Å². The minimum absolute atomic E-state index is 0.0788. The molecule has 3 aromatic carbocycles. The Kier molecular flexibility index (Phi) is 6.32. The predicted octanol–water partition coefficient (Wildman–Crippen LogP) is 5.92. The number of carbonyl (C=O) groups excluding carboxylic acids is 1. The fourth-order valence-corrected chi connectivity index (χ4v) is 3.58. The zero-order valence-corrected chi connectivity index (χ0v) is 17.1. The molecule has 0 spiro atoms. The third-order valence-electron chi connectivity index (χ3n) is 4.32. The minimum atomic E-state index is -0.0886. The molecule has 5 heteroatoms. The quantitative estimate of drug-likeness (QED) is 0.464. The highest BCUT2D eigenvalue weighted by molar-refractivity contribution is 9.10. The minimum Gasteiger partial charge on any atom is -0.396 e.